The molecule has 2 aromatic carbocycles. The fourth-order valence-electron chi connectivity index (χ4n) is 7.01. The van der Waals surface area contributed by atoms with E-state index in [0.717, 1.165) is 22.3 Å². The quantitative estimate of drug-likeness (QED) is 0.111. The van der Waals surface area contributed by atoms with E-state index in [1.54, 1.807) is 13.8 Å². The number of fused-ring (bicyclic) bond motifs is 3. The standard InChI is InChI=1S/C34H43N5O8/c1-20(2)27(39-32(44)46-15-25-23-11-6-4-9-21(23)22-10-5-7-12-24(22)25)29(41)38-26(13-8-14-36-31(35)43)28(40)37-19-47-34-16-33(17-34,18-34)30(42)45-3/h4-7,9-12,20,25-27H,8,13-19H2,1-3H3,(H,37,40)(H,38,41)(H,39,44)(H3,35,36,43)/t26-,27-,33?,34?/m0/s1. The van der Waals surface area contributed by atoms with Crippen molar-refractivity contribution in [3.63, 3.8) is 0 Å². The summed E-state index contributed by atoms with van der Waals surface area (Å²) in [5, 5.41) is 10.6. The highest BCUT2D eigenvalue weighted by Crippen LogP contribution is 2.69. The van der Waals surface area contributed by atoms with E-state index in [2.05, 4.69) is 21.3 Å². The number of rotatable bonds is 15. The van der Waals surface area contributed by atoms with Crippen molar-refractivity contribution in [1.29, 1.82) is 0 Å². The van der Waals surface area contributed by atoms with Crippen LogP contribution in [0, 0.1) is 11.3 Å². The van der Waals surface area contributed by atoms with Gasteiger partial charge in [-0.2, -0.15) is 0 Å². The average Bonchev–Trinajstić information content (AvgIpc) is 3.33. The third-order valence-electron chi connectivity index (χ3n) is 9.39. The molecule has 2 atom stereocenters. The first kappa shape index (κ1) is 33.7. The zero-order chi connectivity index (χ0) is 33.8. The Morgan fingerprint density at radius 1 is 0.894 bits per heavy atom. The molecular formula is C34H43N5O8. The fraction of sp³-hybridized carbons (Fsp3) is 0.500. The van der Waals surface area contributed by atoms with Gasteiger partial charge in [0.1, 0.15) is 25.4 Å². The van der Waals surface area contributed by atoms with E-state index in [1.165, 1.54) is 7.11 Å². The number of benzene rings is 2. The molecule has 3 fully saturated rings. The van der Waals surface area contributed by atoms with E-state index >= 15 is 0 Å². The molecule has 6 N–H and O–H groups in total. The van der Waals surface area contributed by atoms with Gasteiger partial charge in [-0.05, 0) is 60.3 Å². The molecule has 47 heavy (non-hydrogen) atoms. The molecule has 5 amide bonds. The largest absolute Gasteiger partial charge is 0.469 e. The molecular weight excluding hydrogens is 606 g/mol. The summed E-state index contributed by atoms with van der Waals surface area (Å²) in [5.74, 6) is -1.76. The number of nitrogens with one attached hydrogen (secondary N) is 4. The lowest BCUT2D eigenvalue weighted by atomic mass is 9.41. The second-order valence-corrected chi connectivity index (χ2v) is 13.0. The van der Waals surface area contributed by atoms with Gasteiger partial charge in [0.15, 0.2) is 0 Å². The molecule has 0 radical (unpaired) electrons. The average molecular weight is 650 g/mol. The molecule has 3 saturated carbocycles. The number of methoxy groups -OCH3 is 1. The summed E-state index contributed by atoms with van der Waals surface area (Å²) in [7, 11) is 1.36. The van der Waals surface area contributed by atoms with E-state index in [0.29, 0.717) is 25.7 Å². The lowest BCUT2D eigenvalue weighted by molar-refractivity contribution is -0.284. The van der Waals surface area contributed by atoms with Crippen molar-refractivity contribution in [3.8, 4) is 11.1 Å². The molecule has 2 aromatic rings. The summed E-state index contributed by atoms with van der Waals surface area (Å²) < 4.78 is 16.4. The van der Waals surface area contributed by atoms with Crippen LogP contribution in [0.4, 0.5) is 9.59 Å². The van der Waals surface area contributed by atoms with Gasteiger partial charge < -0.3 is 41.2 Å². The number of carbonyl (C=O) groups is 5. The second-order valence-electron chi connectivity index (χ2n) is 13.0. The van der Waals surface area contributed by atoms with E-state index < -0.39 is 47.0 Å². The van der Waals surface area contributed by atoms with Crippen molar-refractivity contribution in [2.24, 2.45) is 17.1 Å². The van der Waals surface area contributed by atoms with Crippen LogP contribution in [0.2, 0.25) is 0 Å². The molecule has 0 unspecified atom stereocenters. The Morgan fingerprint density at radius 3 is 2.09 bits per heavy atom. The summed E-state index contributed by atoms with van der Waals surface area (Å²) in [6.45, 7) is 3.74. The number of hydrogen-bond donors (Lipinski definition) is 5. The topological polar surface area (TPSA) is 187 Å². The number of alkyl carbamates (subject to hydrolysis) is 1. The van der Waals surface area contributed by atoms with Crippen molar-refractivity contribution in [1.82, 2.24) is 21.3 Å². The van der Waals surface area contributed by atoms with Gasteiger partial charge in [-0.25, -0.2) is 9.59 Å². The Kier molecular flexibility index (Phi) is 10.0. The van der Waals surface area contributed by atoms with Crippen LogP contribution in [0.25, 0.3) is 11.1 Å². The number of carbonyl (C=O) groups excluding carboxylic acids is 5. The monoisotopic (exact) mass is 649 g/mol. The van der Waals surface area contributed by atoms with Crippen LogP contribution in [0.1, 0.15) is 63.0 Å². The van der Waals surface area contributed by atoms with Crippen LogP contribution in [0.15, 0.2) is 48.5 Å². The minimum atomic E-state index is -0.990. The van der Waals surface area contributed by atoms with Gasteiger partial charge in [0, 0.05) is 12.5 Å². The molecule has 4 aliphatic rings. The maximum atomic E-state index is 13.5. The van der Waals surface area contributed by atoms with Gasteiger partial charge in [-0.1, -0.05) is 62.4 Å². The smallest absolute Gasteiger partial charge is 0.407 e. The Morgan fingerprint density at radius 2 is 1.51 bits per heavy atom. The maximum Gasteiger partial charge on any atom is 0.407 e. The summed E-state index contributed by atoms with van der Waals surface area (Å²) in [6.07, 6.45) is 1.41. The summed E-state index contributed by atoms with van der Waals surface area (Å²) in [5.41, 5.74) is 8.56. The first-order chi connectivity index (χ1) is 22.5. The number of nitrogens with two attached hydrogens (primary N) is 1. The highest BCUT2D eigenvalue weighted by atomic mass is 16.6. The minimum absolute atomic E-state index is 0.0897. The first-order valence-electron chi connectivity index (χ1n) is 15.9. The van der Waals surface area contributed by atoms with Crippen LogP contribution in [0.3, 0.4) is 0 Å². The molecule has 252 valence electrons. The Balaban J connectivity index is 1.15. The van der Waals surface area contributed by atoms with Crippen LogP contribution >= 0.6 is 0 Å². The molecule has 0 aromatic heterocycles. The number of urea groups is 1. The number of primary amides is 1. The number of hydrogen-bond acceptors (Lipinski definition) is 8. The van der Waals surface area contributed by atoms with Crippen molar-refractivity contribution in [2.75, 3.05) is 27.0 Å². The van der Waals surface area contributed by atoms with Gasteiger partial charge >= 0.3 is 18.1 Å². The number of amides is 5. The second kappa shape index (κ2) is 14.0. The molecule has 13 heteroatoms. The number of esters is 1. The zero-order valence-corrected chi connectivity index (χ0v) is 26.9. The van der Waals surface area contributed by atoms with Gasteiger partial charge in [-0.15, -0.1) is 0 Å². The van der Waals surface area contributed by atoms with Crippen LogP contribution in [-0.4, -0.2) is 74.6 Å². The van der Waals surface area contributed by atoms with Crippen LogP contribution in [0.5, 0.6) is 0 Å². The highest BCUT2D eigenvalue weighted by Gasteiger charge is 2.73. The third-order valence-corrected chi connectivity index (χ3v) is 9.39. The summed E-state index contributed by atoms with van der Waals surface area (Å²) >= 11 is 0. The van der Waals surface area contributed by atoms with Crippen molar-refractivity contribution >= 4 is 29.9 Å². The van der Waals surface area contributed by atoms with Gasteiger partial charge in [-0.3, -0.25) is 14.4 Å². The van der Waals surface area contributed by atoms with Crippen LogP contribution in [-0.2, 0) is 28.6 Å². The van der Waals surface area contributed by atoms with Gasteiger partial charge in [0.2, 0.25) is 11.8 Å². The van der Waals surface area contributed by atoms with E-state index in [-0.39, 0.29) is 44.1 Å². The van der Waals surface area contributed by atoms with Gasteiger partial charge in [0.05, 0.1) is 18.1 Å². The highest BCUT2D eigenvalue weighted by molar-refractivity contribution is 5.91. The molecule has 0 spiro atoms. The molecule has 4 aliphatic carbocycles. The third kappa shape index (κ3) is 7.19. The van der Waals surface area contributed by atoms with E-state index in [4.69, 9.17) is 19.9 Å². The van der Waals surface area contributed by atoms with E-state index in [1.807, 2.05) is 48.5 Å². The summed E-state index contributed by atoms with van der Waals surface area (Å²) in [6, 6.07) is 13.3. The number of ether oxygens (including phenoxy) is 3. The lowest BCUT2D eigenvalue weighted by Gasteiger charge is -2.67. The van der Waals surface area contributed by atoms with Crippen molar-refractivity contribution < 1.29 is 38.2 Å². The summed E-state index contributed by atoms with van der Waals surface area (Å²) in [4.78, 5) is 62.7. The van der Waals surface area contributed by atoms with E-state index in [9.17, 15) is 24.0 Å². The Bertz CT molecular complexity index is 1460. The molecule has 0 heterocycles. The molecule has 13 nitrogen and oxygen atoms in total. The predicted octanol–water partition coefficient (Wildman–Crippen LogP) is 2.67. The SMILES string of the molecule is COC(=O)C12CC(OCNC(=O)[C@H](CCCNC(N)=O)NC(=O)[C@@H](NC(=O)OCC3c4ccccc4-c4ccccc43)C(C)C)(C1)C2. The Labute approximate surface area is 273 Å². The molecule has 0 aliphatic heterocycles. The Hall–Kier alpha value is -4.65. The molecule has 0 saturated heterocycles. The first-order valence-corrected chi connectivity index (χ1v) is 15.9. The van der Waals surface area contributed by atoms with Crippen molar-refractivity contribution in [3.05, 3.63) is 59.7 Å². The lowest BCUT2D eigenvalue weighted by Crippen LogP contribution is -2.72. The molecule has 2 bridgehead atoms. The minimum Gasteiger partial charge on any atom is -0.469 e. The normalized spacial score (nSPS) is 21.5. The zero-order valence-electron chi connectivity index (χ0n) is 26.9. The predicted molar refractivity (Wildman–Crippen MR) is 171 cm³/mol. The van der Waals surface area contributed by atoms with Crippen molar-refractivity contribution in [2.45, 2.75) is 69.6 Å². The van der Waals surface area contributed by atoms with Gasteiger partial charge in [0.25, 0.3) is 0 Å². The molecule has 6 rings (SSSR count). The fourth-order valence-corrected chi connectivity index (χ4v) is 7.01. The maximum absolute atomic E-state index is 13.5. The van der Waals surface area contributed by atoms with Crippen LogP contribution < -0.4 is 27.0 Å².